The Morgan fingerprint density at radius 2 is 1.93 bits per heavy atom. The first-order chi connectivity index (χ1) is 7.22. The quantitative estimate of drug-likeness (QED) is 0.415. The molecule has 4 heteroatoms. The number of benzene rings is 1. The lowest BCUT2D eigenvalue weighted by Crippen LogP contribution is -2.49. The van der Waals surface area contributed by atoms with Crippen LogP contribution < -0.4 is 4.74 Å². The molecule has 4 nitrogen and oxygen atoms in total. The summed E-state index contributed by atoms with van der Waals surface area (Å²) in [7, 11) is 2.86. The van der Waals surface area contributed by atoms with Crippen LogP contribution >= 0.6 is 0 Å². The van der Waals surface area contributed by atoms with E-state index in [1.165, 1.54) is 14.2 Å². The number of hydrogen-bond donors (Lipinski definition) is 0. The maximum absolute atomic E-state index is 11.7. The molecule has 0 aromatic heterocycles. The Morgan fingerprint density at radius 3 is 2.60 bits per heavy atom. The van der Waals surface area contributed by atoms with Crippen molar-refractivity contribution in [3.05, 3.63) is 29.8 Å². The number of methoxy groups -OCH3 is 2. The molecular weight excluding hydrogens is 196 g/mol. The molecular formula is C11H12O4. The molecule has 1 aromatic rings. The predicted molar refractivity (Wildman–Crippen MR) is 52.5 cm³/mol. The Hall–Kier alpha value is -1.39. The first-order valence-corrected chi connectivity index (χ1v) is 4.62. The van der Waals surface area contributed by atoms with Crippen LogP contribution in [0.2, 0.25) is 0 Å². The molecule has 80 valence electrons. The minimum atomic E-state index is -1.30. The van der Waals surface area contributed by atoms with Crippen molar-refractivity contribution in [1.29, 1.82) is 0 Å². The highest BCUT2D eigenvalue weighted by atomic mass is 16.7. The Morgan fingerprint density at radius 1 is 1.27 bits per heavy atom. The van der Waals surface area contributed by atoms with Crippen LogP contribution in [0.4, 0.5) is 0 Å². The minimum absolute atomic E-state index is 0.370. The summed E-state index contributed by atoms with van der Waals surface area (Å²) in [6.45, 7) is 0. The molecule has 0 amide bonds. The molecule has 1 aromatic carbocycles. The van der Waals surface area contributed by atoms with Crippen LogP contribution in [-0.4, -0.2) is 26.0 Å². The van der Waals surface area contributed by atoms with Crippen LogP contribution in [0.5, 0.6) is 5.75 Å². The lowest BCUT2D eigenvalue weighted by molar-refractivity contribution is -0.225. The molecule has 1 aliphatic rings. The van der Waals surface area contributed by atoms with Gasteiger partial charge in [-0.2, -0.15) is 0 Å². The van der Waals surface area contributed by atoms with Crippen molar-refractivity contribution < 1.29 is 19.0 Å². The van der Waals surface area contributed by atoms with Crippen LogP contribution in [0.15, 0.2) is 24.3 Å². The molecule has 15 heavy (non-hydrogen) atoms. The Labute approximate surface area is 87.8 Å². The SMILES string of the molecule is COC1(OC)Cc2ccccc2OC1=O. The van der Waals surface area contributed by atoms with Crippen molar-refractivity contribution in [1.82, 2.24) is 0 Å². The van der Waals surface area contributed by atoms with Gasteiger partial charge < -0.3 is 14.2 Å². The number of carbonyl (C=O) groups excluding carboxylic acids is 1. The number of fused-ring (bicyclic) bond motifs is 1. The zero-order valence-corrected chi connectivity index (χ0v) is 8.65. The molecule has 0 aliphatic carbocycles. The summed E-state index contributed by atoms with van der Waals surface area (Å²) in [4.78, 5) is 11.7. The summed E-state index contributed by atoms with van der Waals surface area (Å²) >= 11 is 0. The molecule has 1 aliphatic heterocycles. The highest BCUT2D eigenvalue weighted by Gasteiger charge is 2.45. The lowest BCUT2D eigenvalue weighted by Gasteiger charge is -2.32. The molecule has 2 rings (SSSR count). The van der Waals surface area contributed by atoms with E-state index in [9.17, 15) is 4.79 Å². The molecule has 0 radical (unpaired) electrons. The smallest absolute Gasteiger partial charge is 0.372 e. The Bertz CT molecular complexity index is 382. The number of para-hydroxylation sites is 1. The van der Waals surface area contributed by atoms with Crippen molar-refractivity contribution in [2.75, 3.05) is 14.2 Å². The molecule has 0 saturated carbocycles. The normalized spacial score (nSPS) is 18.1. The van der Waals surface area contributed by atoms with Gasteiger partial charge in [-0.25, -0.2) is 4.79 Å². The fourth-order valence-corrected chi connectivity index (χ4v) is 1.64. The van der Waals surface area contributed by atoms with E-state index in [0.29, 0.717) is 12.2 Å². The summed E-state index contributed by atoms with van der Waals surface area (Å²) < 4.78 is 15.3. The Kier molecular flexibility index (Phi) is 2.46. The van der Waals surface area contributed by atoms with Crippen LogP contribution in [-0.2, 0) is 20.7 Å². The first kappa shape index (κ1) is 10.1. The van der Waals surface area contributed by atoms with E-state index in [2.05, 4.69) is 0 Å². The topological polar surface area (TPSA) is 44.8 Å². The van der Waals surface area contributed by atoms with Gasteiger partial charge in [-0.05, 0) is 6.07 Å². The van der Waals surface area contributed by atoms with E-state index in [1.807, 2.05) is 18.2 Å². The summed E-state index contributed by atoms with van der Waals surface area (Å²) in [5.74, 6) is -1.23. The second kappa shape index (κ2) is 3.64. The average molecular weight is 208 g/mol. The van der Waals surface area contributed by atoms with Gasteiger partial charge >= 0.3 is 5.97 Å². The third kappa shape index (κ3) is 1.52. The van der Waals surface area contributed by atoms with Gasteiger partial charge in [0.2, 0.25) is 0 Å². The monoisotopic (exact) mass is 208 g/mol. The van der Waals surface area contributed by atoms with E-state index < -0.39 is 11.8 Å². The van der Waals surface area contributed by atoms with Crippen molar-refractivity contribution in [2.45, 2.75) is 12.2 Å². The second-order valence-electron chi connectivity index (χ2n) is 3.34. The van der Waals surface area contributed by atoms with Gasteiger partial charge in [-0.3, -0.25) is 0 Å². The van der Waals surface area contributed by atoms with Crippen LogP contribution in [0.25, 0.3) is 0 Å². The molecule has 0 unspecified atom stereocenters. The lowest BCUT2D eigenvalue weighted by atomic mass is 10.0. The maximum Gasteiger partial charge on any atom is 0.372 e. The zero-order chi connectivity index (χ0) is 10.9. The summed E-state index contributed by atoms with van der Waals surface area (Å²) in [6.07, 6.45) is 0.370. The molecule has 0 fully saturated rings. The minimum Gasteiger partial charge on any atom is -0.422 e. The highest BCUT2D eigenvalue weighted by Crippen LogP contribution is 2.32. The maximum atomic E-state index is 11.7. The van der Waals surface area contributed by atoms with Crippen molar-refractivity contribution in [2.24, 2.45) is 0 Å². The number of hydrogen-bond acceptors (Lipinski definition) is 4. The van der Waals surface area contributed by atoms with Crippen LogP contribution in [0.1, 0.15) is 5.56 Å². The fourth-order valence-electron chi connectivity index (χ4n) is 1.64. The standard InChI is InChI=1S/C11H12O4/c1-13-11(14-2)7-8-5-3-4-6-9(8)15-10(11)12/h3-6H,7H2,1-2H3. The largest absolute Gasteiger partial charge is 0.422 e. The van der Waals surface area contributed by atoms with E-state index >= 15 is 0 Å². The number of rotatable bonds is 2. The highest BCUT2D eigenvalue weighted by molar-refractivity contribution is 5.83. The zero-order valence-electron chi connectivity index (χ0n) is 8.65. The van der Waals surface area contributed by atoms with E-state index in [4.69, 9.17) is 14.2 Å². The van der Waals surface area contributed by atoms with Crippen LogP contribution in [0, 0.1) is 0 Å². The number of esters is 1. The molecule has 0 atom stereocenters. The van der Waals surface area contributed by atoms with Crippen molar-refractivity contribution in [3.63, 3.8) is 0 Å². The van der Waals surface area contributed by atoms with Crippen molar-refractivity contribution >= 4 is 5.97 Å². The molecule has 0 saturated heterocycles. The first-order valence-electron chi connectivity index (χ1n) is 4.62. The number of ether oxygens (including phenoxy) is 3. The average Bonchev–Trinajstić information content (AvgIpc) is 2.28. The van der Waals surface area contributed by atoms with Gasteiger partial charge in [0.25, 0.3) is 5.79 Å². The van der Waals surface area contributed by atoms with Gasteiger partial charge in [0.1, 0.15) is 5.75 Å². The molecule has 0 spiro atoms. The fraction of sp³-hybridized carbons (Fsp3) is 0.364. The van der Waals surface area contributed by atoms with E-state index in [-0.39, 0.29) is 0 Å². The van der Waals surface area contributed by atoms with Gasteiger partial charge in [0, 0.05) is 26.2 Å². The van der Waals surface area contributed by atoms with Crippen LogP contribution in [0.3, 0.4) is 0 Å². The number of carbonyl (C=O) groups is 1. The third-order valence-electron chi connectivity index (χ3n) is 2.57. The van der Waals surface area contributed by atoms with Gasteiger partial charge in [-0.15, -0.1) is 0 Å². The van der Waals surface area contributed by atoms with E-state index in [1.54, 1.807) is 6.07 Å². The summed E-state index contributed by atoms with van der Waals surface area (Å²) in [5, 5.41) is 0. The second-order valence-corrected chi connectivity index (χ2v) is 3.34. The molecule has 0 N–H and O–H groups in total. The van der Waals surface area contributed by atoms with Gasteiger partial charge in [0.15, 0.2) is 0 Å². The Balaban J connectivity index is 2.41. The predicted octanol–water partition coefficient (Wildman–Crippen LogP) is 1.14. The summed E-state index contributed by atoms with van der Waals surface area (Å²) in [5.41, 5.74) is 0.904. The van der Waals surface area contributed by atoms with Gasteiger partial charge in [-0.1, -0.05) is 18.2 Å². The molecule has 1 heterocycles. The van der Waals surface area contributed by atoms with E-state index in [0.717, 1.165) is 5.56 Å². The third-order valence-corrected chi connectivity index (χ3v) is 2.57. The summed E-state index contributed by atoms with van der Waals surface area (Å²) in [6, 6.07) is 7.34. The van der Waals surface area contributed by atoms with Gasteiger partial charge in [0.05, 0.1) is 0 Å². The van der Waals surface area contributed by atoms with Crippen molar-refractivity contribution in [3.8, 4) is 5.75 Å². The molecule has 0 bridgehead atoms.